The molecule has 6 heteroatoms. The number of esters is 1. The molecule has 0 saturated heterocycles. The van der Waals surface area contributed by atoms with Crippen LogP contribution in [0.1, 0.15) is 70.7 Å². The fourth-order valence-electron chi connectivity index (χ4n) is 2.60. The molecule has 1 amide bonds. The number of hydrogen-bond acceptors (Lipinski definition) is 5. The summed E-state index contributed by atoms with van der Waals surface area (Å²) in [5.41, 5.74) is -0.135. The van der Waals surface area contributed by atoms with Crippen LogP contribution in [0.3, 0.4) is 0 Å². The standard InChI is InChI=1S/C21H33NO5/c1-7-12-21(5,26-13-8-2)20(24)22-16-10-11-18(27-15(4)9-3)17(14-16)19(23)25-6/h10-11,14-15H,7-9,12-13H2,1-6H3,(H,22,24)/t15-,21+/m1/s1. The van der Waals surface area contributed by atoms with E-state index in [-0.39, 0.29) is 17.6 Å². The van der Waals surface area contributed by atoms with E-state index >= 15 is 0 Å². The van der Waals surface area contributed by atoms with Crippen molar-refractivity contribution in [2.24, 2.45) is 0 Å². The predicted molar refractivity (Wildman–Crippen MR) is 106 cm³/mol. The summed E-state index contributed by atoms with van der Waals surface area (Å²) in [7, 11) is 1.32. The second-order valence-corrected chi connectivity index (χ2v) is 6.82. The van der Waals surface area contributed by atoms with Crippen LogP contribution in [0.25, 0.3) is 0 Å². The second kappa shape index (κ2) is 10.9. The van der Waals surface area contributed by atoms with Gasteiger partial charge in [-0.25, -0.2) is 4.79 Å². The Kier molecular flexibility index (Phi) is 9.29. The van der Waals surface area contributed by atoms with Gasteiger partial charge in [0, 0.05) is 12.3 Å². The fourth-order valence-corrected chi connectivity index (χ4v) is 2.60. The summed E-state index contributed by atoms with van der Waals surface area (Å²) < 4.78 is 16.5. The smallest absolute Gasteiger partial charge is 0.341 e. The van der Waals surface area contributed by atoms with E-state index in [4.69, 9.17) is 14.2 Å². The van der Waals surface area contributed by atoms with Gasteiger partial charge in [0.15, 0.2) is 0 Å². The van der Waals surface area contributed by atoms with Crippen LogP contribution >= 0.6 is 0 Å². The lowest BCUT2D eigenvalue weighted by molar-refractivity contribution is -0.140. The maximum Gasteiger partial charge on any atom is 0.341 e. The van der Waals surface area contributed by atoms with Gasteiger partial charge in [-0.1, -0.05) is 27.2 Å². The highest BCUT2D eigenvalue weighted by Gasteiger charge is 2.33. The van der Waals surface area contributed by atoms with Crippen molar-refractivity contribution in [1.29, 1.82) is 0 Å². The minimum atomic E-state index is -0.915. The van der Waals surface area contributed by atoms with E-state index in [1.54, 1.807) is 25.1 Å². The lowest BCUT2D eigenvalue weighted by atomic mass is 9.98. The Morgan fingerprint density at radius 1 is 1.19 bits per heavy atom. The molecule has 0 unspecified atom stereocenters. The molecule has 1 rings (SSSR count). The Bertz CT molecular complexity index is 631. The average Bonchev–Trinajstić information content (AvgIpc) is 2.66. The van der Waals surface area contributed by atoms with Crippen LogP contribution < -0.4 is 10.1 Å². The molecule has 0 fully saturated rings. The molecule has 1 aromatic carbocycles. The molecular weight excluding hydrogens is 346 g/mol. The van der Waals surface area contributed by atoms with Crippen LogP contribution in [0.5, 0.6) is 5.75 Å². The van der Waals surface area contributed by atoms with Gasteiger partial charge < -0.3 is 19.5 Å². The van der Waals surface area contributed by atoms with Crippen molar-refractivity contribution in [3.8, 4) is 5.75 Å². The average molecular weight is 379 g/mol. The van der Waals surface area contributed by atoms with Crippen LogP contribution in [0.15, 0.2) is 18.2 Å². The fraction of sp³-hybridized carbons (Fsp3) is 0.619. The second-order valence-electron chi connectivity index (χ2n) is 6.82. The monoisotopic (exact) mass is 379 g/mol. The minimum absolute atomic E-state index is 0.0378. The van der Waals surface area contributed by atoms with Gasteiger partial charge in [-0.2, -0.15) is 0 Å². The Hall–Kier alpha value is -2.08. The molecule has 0 saturated carbocycles. The van der Waals surface area contributed by atoms with Crippen molar-refractivity contribution < 1.29 is 23.8 Å². The van der Waals surface area contributed by atoms with E-state index < -0.39 is 11.6 Å². The zero-order chi connectivity index (χ0) is 20.4. The number of anilines is 1. The number of hydrogen-bond donors (Lipinski definition) is 1. The minimum Gasteiger partial charge on any atom is -0.490 e. The van der Waals surface area contributed by atoms with Crippen molar-refractivity contribution >= 4 is 17.6 Å². The van der Waals surface area contributed by atoms with Gasteiger partial charge in [0.2, 0.25) is 0 Å². The maximum atomic E-state index is 12.8. The number of ether oxygens (including phenoxy) is 3. The molecule has 152 valence electrons. The van der Waals surface area contributed by atoms with Gasteiger partial charge in [0.1, 0.15) is 16.9 Å². The summed E-state index contributed by atoms with van der Waals surface area (Å²) in [6.45, 7) is 10.3. The largest absolute Gasteiger partial charge is 0.490 e. The Labute approximate surface area is 162 Å². The first kappa shape index (κ1) is 23.0. The van der Waals surface area contributed by atoms with Crippen LogP contribution in [-0.2, 0) is 14.3 Å². The van der Waals surface area contributed by atoms with Gasteiger partial charge >= 0.3 is 5.97 Å². The third-order valence-corrected chi connectivity index (χ3v) is 4.38. The van der Waals surface area contributed by atoms with E-state index in [0.29, 0.717) is 24.5 Å². The molecule has 0 aromatic heterocycles. The Morgan fingerprint density at radius 3 is 2.44 bits per heavy atom. The van der Waals surface area contributed by atoms with Gasteiger partial charge in [0.05, 0.1) is 13.2 Å². The summed E-state index contributed by atoms with van der Waals surface area (Å²) in [5.74, 6) is -0.306. The SMILES string of the molecule is CCCO[C@@](C)(CCC)C(=O)Nc1ccc(O[C@H](C)CC)c(C(=O)OC)c1. The van der Waals surface area contributed by atoms with E-state index in [2.05, 4.69) is 5.32 Å². The normalized spacial score (nSPS) is 14.1. The molecule has 0 aliphatic heterocycles. The van der Waals surface area contributed by atoms with Gasteiger partial charge in [-0.15, -0.1) is 0 Å². The third-order valence-electron chi connectivity index (χ3n) is 4.38. The first-order valence-corrected chi connectivity index (χ1v) is 9.65. The summed E-state index contributed by atoms with van der Waals surface area (Å²) in [5, 5.41) is 2.86. The first-order valence-electron chi connectivity index (χ1n) is 9.65. The molecular formula is C21H33NO5. The highest BCUT2D eigenvalue weighted by Crippen LogP contribution is 2.27. The zero-order valence-electron chi connectivity index (χ0n) is 17.4. The van der Waals surface area contributed by atoms with Crippen molar-refractivity contribution in [1.82, 2.24) is 0 Å². The molecule has 0 aliphatic rings. The van der Waals surface area contributed by atoms with Crippen molar-refractivity contribution in [3.05, 3.63) is 23.8 Å². The summed E-state index contributed by atoms with van der Waals surface area (Å²) >= 11 is 0. The van der Waals surface area contributed by atoms with Crippen molar-refractivity contribution in [3.63, 3.8) is 0 Å². The molecule has 6 nitrogen and oxygen atoms in total. The Morgan fingerprint density at radius 2 is 1.89 bits per heavy atom. The van der Waals surface area contributed by atoms with E-state index in [0.717, 1.165) is 19.3 Å². The van der Waals surface area contributed by atoms with Gasteiger partial charge in [-0.3, -0.25) is 4.79 Å². The zero-order valence-corrected chi connectivity index (χ0v) is 17.4. The topological polar surface area (TPSA) is 73.9 Å². The lowest BCUT2D eigenvalue weighted by Gasteiger charge is -2.28. The molecule has 1 N–H and O–H groups in total. The van der Waals surface area contributed by atoms with E-state index in [1.807, 2.05) is 27.7 Å². The van der Waals surface area contributed by atoms with Crippen molar-refractivity contribution in [2.45, 2.75) is 72.0 Å². The highest BCUT2D eigenvalue weighted by atomic mass is 16.5. The van der Waals surface area contributed by atoms with Crippen LogP contribution in [0.2, 0.25) is 0 Å². The molecule has 0 radical (unpaired) electrons. The van der Waals surface area contributed by atoms with Crippen molar-refractivity contribution in [2.75, 3.05) is 19.0 Å². The van der Waals surface area contributed by atoms with Gasteiger partial charge in [-0.05, 0) is 51.3 Å². The number of amides is 1. The molecule has 2 atom stereocenters. The quantitative estimate of drug-likeness (QED) is 0.570. The molecule has 1 aromatic rings. The number of benzene rings is 1. The molecule has 0 heterocycles. The highest BCUT2D eigenvalue weighted by molar-refractivity contribution is 5.99. The number of nitrogens with one attached hydrogen (secondary N) is 1. The number of carbonyl (C=O) groups is 2. The third kappa shape index (κ3) is 6.54. The number of methoxy groups -OCH3 is 1. The summed E-state index contributed by atoms with van der Waals surface area (Å²) in [6, 6.07) is 4.97. The Balaban J connectivity index is 3.08. The van der Waals surface area contributed by atoms with Gasteiger partial charge in [0.25, 0.3) is 5.91 Å². The lowest BCUT2D eigenvalue weighted by Crippen LogP contribution is -2.43. The maximum absolute atomic E-state index is 12.8. The van der Waals surface area contributed by atoms with Crippen LogP contribution in [0, 0.1) is 0 Å². The number of carbonyl (C=O) groups excluding carboxylic acids is 2. The first-order chi connectivity index (χ1) is 12.8. The number of rotatable bonds is 11. The molecule has 0 aliphatic carbocycles. The van der Waals surface area contributed by atoms with E-state index in [9.17, 15) is 9.59 Å². The van der Waals surface area contributed by atoms with Crippen LogP contribution in [0.4, 0.5) is 5.69 Å². The molecule has 0 bridgehead atoms. The predicted octanol–water partition coefficient (Wildman–Crippen LogP) is 4.57. The summed E-state index contributed by atoms with van der Waals surface area (Å²) in [6.07, 6.45) is 3.04. The summed E-state index contributed by atoms with van der Waals surface area (Å²) in [4.78, 5) is 24.9. The van der Waals surface area contributed by atoms with E-state index in [1.165, 1.54) is 7.11 Å². The molecule has 0 spiro atoms. The molecule has 27 heavy (non-hydrogen) atoms. The van der Waals surface area contributed by atoms with Crippen LogP contribution in [-0.4, -0.2) is 37.3 Å².